The lowest BCUT2D eigenvalue weighted by Gasteiger charge is -2.20. The molecule has 5 nitrogen and oxygen atoms in total. The van der Waals surface area contributed by atoms with Crippen LogP contribution in [0.4, 0.5) is 5.69 Å². The molecule has 1 atom stereocenters. The number of nitrogens with one attached hydrogen (secondary N) is 1. The standard InChI is InChI=1S/C16H24N2O3/c1-5-10-18(4)13-8-6-12(7-9-13)15(19)17-14(11(2)3)16(20)21/h6-9,11,14H,5,10H2,1-4H3,(H,17,19)(H,20,21)/t14-/m1/s1. The van der Waals surface area contributed by atoms with Crippen LogP contribution in [-0.4, -0.2) is 36.6 Å². The van der Waals surface area contributed by atoms with E-state index in [-0.39, 0.29) is 11.8 Å². The lowest BCUT2D eigenvalue weighted by molar-refractivity contribution is -0.140. The van der Waals surface area contributed by atoms with Crippen molar-refractivity contribution >= 4 is 17.6 Å². The maximum Gasteiger partial charge on any atom is 0.326 e. The maximum absolute atomic E-state index is 12.1. The summed E-state index contributed by atoms with van der Waals surface area (Å²) in [6.07, 6.45) is 1.05. The van der Waals surface area contributed by atoms with Gasteiger partial charge < -0.3 is 15.3 Å². The normalized spacial score (nSPS) is 12.0. The van der Waals surface area contributed by atoms with E-state index >= 15 is 0 Å². The number of carbonyl (C=O) groups is 2. The molecule has 0 fully saturated rings. The van der Waals surface area contributed by atoms with Crippen molar-refractivity contribution in [3.8, 4) is 0 Å². The van der Waals surface area contributed by atoms with E-state index < -0.39 is 12.0 Å². The van der Waals surface area contributed by atoms with E-state index in [2.05, 4.69) is 17.1 Å². The van der Waals surface area contributed by atoms with Crippen LogP contribution in [0.25, 0.3) is 0 Å². The first-order valence-corrected chi connectivity index (χ1v) is 7.21. The third-order valence-corrected chi connectivity index (χ3v) is 3.35. The molecule has 1 aromatic carbocycles. The average molecular weight is 292 g/mol. The molecule has 1 amide bonds. The Kier molecular flexibility index (Phi) is 6.21. The SMILES string of the molecule is CCCN(C)c1ccc(C(=O)N[C@@H](C(=O)O)C(C)C)cc1. The number of hydrogen-bond acceptors (Lipinski definition) is 3. The van der Waals surface area contributed by atoms with Crippen molar-refractivity contribution in [1.29, 1.82) is 0 Å². The molecule has 0 aliphatic rings. The molecule has 1 rings (SSSR count). The molecule has 0 saturated carbocycles. The zero-order chi connectivity index (χ0) is 16.0. The quantitative estimate of drug-likeness (QED) is 0.809. The monoisotopic (exact) mass is 292 g/mol. The van der Waals surface area contributed by atoms with Crippen LogP contribution in [0, 0.1) is 5.92 Å². The number of anilines is 1. The average Bonchev–Trinajstić information content (AvgIpc) is 2.44. The highest BCUT2D eigenvalue weighted by Gasteiger charge is 2.23. The van der Waals surface area contributed by atoms with Crippen molar-refractivity contribution in [3.63, 3.8) is 0 Å². The van der Waals surface area contributed by atoms with E-state index in [0.717, 1.165) is 18.7 Å². The molecular formula is C16H24N2O3. The minimum absolute atomic E-state index is 0.165. The number of aliphatic carboxylic acids is 1. The van der Waals surface area contributed by atoms with Gasteiger partial charge in [0.25, 0.3) is 5.91 Å². The van der Waals surface area contributed by atoms with Gasteiger partial charge in [-0.25, -0.2) is 4.79 Å². The van der Waals surface area contributed by atoms with E-state index in [1.54, 1.807) is 26.0 Å². The number of carboxylic acids is 1. The smallest absolute Gasteiger partial charge is 0.326 e. The van der Waals surface area contributed by atoms with Gasteiger partial charge in [0, 0.05) is 24.8 Å². The predicted molar refractivity (Wildman–Crippen MR) is 83.7 cm³/mol. The number of carboxylic acid groups (broad SMARTS) is 1. The molecule has 0 unspecified atom stereocenters. The summed E-state index contributed by atoms with van der Waals surface area (Å²) >= 11 is 0. The largest absolute Gasteiger partial charge is 0.480 e. The Balaban J connectivity index is 2.77. The maximum atomic E-state index is 12.1. The topological polar surface area (TPSA) is 69.6 Å². The minimum Gasteiger partial charge on any atom is -0.480 e. The van der Waals surface area contributed by atoms with Gasteiger partial charge in [0.15, 0.2) is 0 Å². The predicted octanol–water partition coefficient (Wildman–Crippen LogP) is 2.37. The molecule has 0 radical (unpaired) electrons. The van der Waals surface area contributed by atoms with Crippen molar-refractivity contribution in [2.24, 2.45) is 5.92 Å². The fourth-order valence-corrected chi connectivity index (χ4v) is 2.07. The first-order valence-electron chi connectivity index (χ1n) is 7.21. The number of nitrogens with zero attached hydrogens (tertiary/aromatic N) is 1. The molecule has 0 heterocycles. The van der Waals surface area contributed by atoms with Crippen LogP contribution in [0.5, 0.6) is 0 Å². The Labute approximate surface area is 126 Å². The van der Waals surface area contributed by atoms with Crippen LogP contribution in [-0.2, 0) is 4.79 Å². The summed E-state index contributed by atoms with van der Waals surface area (Å²) in [5.41, 5.74) is 1.50. The second kappa shape index (κ2) is 7.67. The van der Waals surface area contributed by atoms with Gasteiger partial charge in [-0.3, -0.25) is 4.79 Å². The Morgan fingerprint density at radius 3 is 2.24 bits per heavy atom. The van der Waals surface area contributed by atoms with E-state index in [1.165, 1.54) is 0 Å². The van der Waals surface area contributed by atoms with Crippen molar-refractivity contribution in [1.82, 2.24) is 5.32 Å². The minimum atomic E-state index is -1.02. The van der Waals surface area contributed by atoms with Crippen molar-refractivity contribution in [3.05, 3.63) is 29.8 Å². The van der Waals surface area contributed by atoms with Gasteiger partial charge in [0.1, 0.15) is 6.04 Å². The molecular weight excluding hydrogens is 268 g/mol. The van der Waals surface area contributed by atoms with Crippen LogP contribution >= 0.6 is 0 Å². The summed E-state index contributed by atoms with van der Waals surface area (Å²) in [6.45, 7) is 6.58. The molecule has 0 aromatic heterocycles. The van der Waals surface area contributed by atoms with E-state index in [0.29, 0.717) is 5.56 Å². The lowest BCUT2D eigenvalue weighted by Crippen LogP contribution is -2.44. The van der Waals surface area contributed by atoms with Gasteiger partial charge >= 0.3 is 5.97 Å². The number of hydrogen-bond donors (Lipinski definition) is 2. The summed E-state index contributed by atoms with van der Waals surface area (Å²) in [5.74, 6) is -1.54. The summed E-state index contributed by atoms with van der Waals surface area (Å²) in [6, 6.07) is 6.30. The van der Waals surface area contributed by atoms with E-state index in [9.17, 15) is 9.59 Å². The summed E-state index contributed by atoms with van der Waals surface area (Å²) < 4.78 is 0. The fraction of sp³-hybridized carbons (Fsp3) is 0.500. The van der Waals surface area contributed by atoms with Gasteiger partial charge in [-0.05, 0) is 36.6 Å². The lowest BCUT2D eigenvalue weighted by atomic mass is 10.0. The van der Waals surface area contributed by atoms with Crippen LogP contribution < -0.4 is 10.2 Å². The number of amides is 1. The van der Waals surface area contributed by atoms with Crippen molar-refractivity contribution in [2.45, 2.75) is 33.2 Å². The molecule has 0 saturated heterocycles. The molecule has 116 valence electrons. The number of benzene rings is 1. The zero-order valence-corrected chi connectivity index (χ0v) is 13.1. The highest BCUT2D eigenvalue weighted by Crippen LogP contribution is 2.14. The first-order chi connectivity index (χ1) is 9.86. The second-order valence-corrected chi connectivity index (χ2v) is 5.50. The summed E-state index contributed by atoms with van der Waals surface area (Å²) in [5, 5.41) is 11.6. The van der Waals surface area contributed by atoms with Crippen molar-refractivity contribution in [2.75, 3.05) is 18.5 Å². The van der Waals surface area contributed by atoms with Crippen molar-refractivity contribution < 1.29 is 14.7 Å². The highest BCUT2D eigenvalue weighted by molar-refractivity contribution is 5.96. The summed E-state index contributed by atoms with van der Waals surface area (Å²) in [7, 11) is 2.00. The van der Waals surface area contributed by atoms with E-state index in [1.807, 2.05) is 19.2 Å². The molecule has 0 bridgehead atoms. The van der Waals surface area contributed by atoms with Crippen LogP contribution in [0.3, 0.4) is 0 Å². The Hall–Kier alpha value is -2.04. The van der Waals surface area contributed by atoms with Gasteiger partial charge in [-0.2, -0.15) is 0 Å². The third-order valence-electron chi connectivity index (χ3n) is 3.35. The second-order valence-electron chi connectivity index (χ2n) is 5.50. The third kappa shape index (κ3) is 4.77. The molecule has 0 aliphatic heterocycles. The first kappa shape index (κ1) is 17.0. The molecule has 2 N–H and O–H groups in total. The zero-order valence-electron chi connectivity index (χ0n) is 13.1. The number of carbonyl (C=O) groups excluding carboxylic acids is 1. The van der Waals surface area contributed by atoms with Gasteiger partial charge in [-0.1, -0.05) is 20.8 Å². The summed E-state index contributed by atoms with van der Waals surface area (Å²) in [4.78, 5) is 25.3. The Morgan fingerprint density at radius 1 is 1.24 bits per heavy atom. The Morgan fingerprint density at radius 2 is 1.81 bits per heavy atom. The molecule has 0 spiro atoms. The molecule has 21 heavy (non-hydrogen) atoms. The van der Waals surface area contributed by atoms with Gasteiger partial charge in [-0.15, -0.1) is 0 Å². The van der Waals surface area contributed by atoms with Crippen LogP contribution in [0.1, 0.15) is 37.6 Å². The molecule has 5 heteroatoms. The Bertz CT molecular complexity index is 483. The molecule has 0 aliphatic carbocycles. The fourth-order valence-electron chi connectivity index (χ4n) is 2.07. The van der Waals surface area contributed by atoms with Crippen LogP contribution in [0.15, 0.2) is 24.3 Å². The van der Waals surface area contributed by atoms with Crippen LogP contribution in [0.2, 0.25) is 0 Å². The van der Waals surface area contributed by atoms with Gasteiger partial charge in [0.05, 0.1) is 0 Å². The highest BCUT2D eigenvalue weighted by atomic mass is 16.4. The van der Waals surface area contributed by atoms with E-state index in [4.69, 9.17) is 5.11 Å². The van der Waals surface area contributed by atoms with Gasteiger partial charge in [0.2, 0.25) is 0 Å². The number of rotatable bonds is 7. The molecule has 1 aromatic rings.